The van der Waals surface area contributed by atoms with Gasteiger partial charge in [0.25, 0.3) is 5.91 Å². The van der Waals surface area contributed by atoms with Crippen LogP contribution in [0.15, 0.2) is 33.8 Å². The monoisotopic (exact) mass is 530 g/mol. The Balaban J connectivity index is 1.79. The maximum atomic E-state index is 13.3. The molecule has 0 radical (unpaired) electrons. The van der Waals surface area contributed by atoms with Crippen LogP contribution in [0.2, 0.25) is 0 Å². The Morgan fingerprint density at radius 3 is 2.68 bits per heavy atom. The molecular weight excluding hydrogens is 496 g/mol. The molecule has 200 valence electrons. The maximum Gasteiger partial charge on any atom is 0.274 e. The van der Waals surface area contributed by atoms with Crippen molar-refractivity contribution in [2.75, 3.05) is 12.3 Å². The van der Waals surface area contributed by atoms with E-state index in [1.165, 1.54) is 11.8 Å². The fourth-order valence-corrected chi connectivity index (χ4v) is 4.45. The van der Waals surface area contributed by atoms with E-state index in [2.05, 4.69) is 31.2 Å². The Bertz CT molecular complexity index is 1110. The normalized spacial score (nSPS) is 21.6. The summed E-state index contributed by atoms with van der Waals surface area (Å²) in [5.41, 5.74) is 0.0537. The molecular formula is C25H34N6O5S. The maximum absolute atomic E-state index is 13.3. The van der Waals surface area contributed by atoms with Gasteiger partial charge < -0.3 is 25.7 Å². The zero-order chi connectivity index (χ0) is 26.9. The smallest absolute Gasteiger partial charge is 0.274 e. The van der Waals surface area contributed by atoms with Gasteiger partial charge in [-0.15, -0.1) is 0 Å². The van der Waals surface area contributed by atoms with Gasteiger partial charge in [-0.2, -0.15) is 0 Å². The van der Waals surface area contributed by atoms with E-state index < -0.39 is 24.0 Å². The van der Waals surface area contributed by atoms with Crippen LogP contribution in [0, 0.1) is 12.8 Å². The molecule has 0 spiro atoms. The van der Waals surface area contributed by atoms with Gasteiger partial charge in [-0.3, -0.25) is 19.2 Å². The van der Waals surface area contributed by atoms with Crippen molar-refractivity contribution in [2.45, 2.75) is 70.1 Å². The third kappa shape index (κ3) is 8.04. The van der Waals surface area contributed by atoms with Crippen molar-refractivity contribution in [1.29, 1.82) is 0 Å². The number of carbonyl (C=O) groups excluding carboxylic acids is 4. The number of aromatic nitrogens is 2. The second-order valence-electron chi connectivity index (χ2n) is 9.25. The van der Waals surface area contributed by atoms with Crippen molar-refractivity contribution in [2.24, 2.45) is 5.92 Å². The molecule has 4 N–H and O–H groups in total. The number of amides is 4. The number of thioether (sulfide) groups is 1. The van der Waals surface area contributed by atoms with E-state index in [9.17, 15) is 19.2 Å². The van der Waals surface area contributed by atoms with Gasteiger partial charge in [0.2, 0.25) is 23.6 Å². The average Bonchev–Trinajstić information content (AvgIpc) is 3.25. The highest BCUT2D eigenvalue weighted by Gasteiger charge is 2.31. The topological polar surface area (TPSA) is 155 Å². The molecule has 2 aromatic heterocycles. The van der Waals surface area contributed by atoms with Crippen LogP contribution in [-0.2, 0) is 14.4 Å². The first-order valence-electron chi connectivity index (χ1n) is 12.3. The van der Waals surface area contributed by atoms with E-state index in [0.29, 0.717) is 30.8 Å². The van der Waals surface area contributed by atoms with Crippen LogP contribution in [0.3, 0.4) is 0 Å². The van der Waals surface area contributed by atoms with E-state index in [4.69, 9.17) is 4.42 Å². The zero-order valence-corrected chi connectivity index (χ0v) is 22.3. The van der Waals surface area contributed by atoms with Gasteiger partial charge in [-0.25, -0.2) is 9.97 Å². The number of rotatable bonds is 5. The van der Waals surface area contributed by atoms with Gasteiger partial charge in [-0.1, -0.05) is 31.7 Å². The molecule has 37 heavy (non-hydrogen) atoms. The predicted octanol–water partition coefficient (Wildman–Crippen LogP) is 1.89. The lowest BCUT2D eigenvalue weighted by Crippen LogP contribution is -2.49. The number of hydrogen-bond acceptors (Lipinski definition) is 8. The van der Waals surface area contributed by atoms with Crippen LogP contribution in [0.4, 0.5) is 0 Å². The van der Waals surface area contributed by atoms with Crippen LogP contribution < -0.4 is 21.3 Å². The molecule has 0 aromatic carbocycles. The second-order valence-corrected chi connectivity index (χ2v) is 10.2. The lowest BCUT2D eigenvalue weighted by molar-refractivity contribution is -0.129. The van der Waals surface area contributed by atoms with Gasteiger partial charge in [0.05, 0.1) is 10.8 Å². The fraction of sp³-hybridized carbons (Fsp3) is 0.520. The van der Waals surface area contributed by atoms with E-state index in [-0.39, 0.29) is 46.7 Å². The molecule has 3 rings (SSSR count). The number of hydrogen-bond donors (Lipinski definition) is 4. The van der Waals surface area contributed by atoms with Gasteiger partial charge >= 0.3 is 0 Å². The minimum absolute atomic E-state index is 0.0537. The summed E-state index contributed by atoms with van der Waals surface area (Å²) in [6.07, 6.45) is 3.22. The standard InChI is InChI=1S/C25H34N6O5S/c1-14(2)20-25-31-21(16(4)36-25)24(35)28-15(3)22(33)27-12-7-5-9-17(23(34)30-20)29-18(32)13-37-19-10-6-8-11-26-19/h6,8,10-11,14-15,17,20H,5,7,9,12-13H2,1-4H3,(H,27,33)(H,28,35)(H,29,32)(H,30,34)/t15-,17+,20+/m1/s1. The molecule has 0 aliphatic carbocycles. The van der Waals surface area contributed by atoms with Gasteiger partial charge in [0.15, 0.2) is 5.69 Å². The number of nitrogens with zero attached hydrogens (tertiary/aromatic N) is 2. The summed E-state index contributed by atoms with van der Waals surface area (Å²) in [4.78, 5) is 59.7. The highest BCUT2D eigenvalue weighted by atomic mass is 32.2. The molecule has 0 fully saturated rings. The fourth-order valence-electron chi connectivity index (χ4n) is 3.77. The number of aryl methyl sites for hydroxylation is 1. The van der Waals surface area contributed by atoms with Crippen molar-refractivity contribution < 1.29 is 23.6 Å². The summed E-state index contributed by atoms with van der Waals surface area (Å²) < 4.78 is 5.76. The number of oxazole rings is 1. The van der Waals surface area contributed by atoms with E-state index >= 15 is 0 Å². The average molecular weight is 531 g/mol. The number of fused-ring (bicyclic) bond motifs is 2. The summed E-state index contributed by atoms with van der Waals surface area (Å²) in [5, 5.41) is 11.9. The first-order chi connectivity index (χ1) is 17.7. The highest BCUT2D eigenvalue weighted by molar-refractivity contribution is 7.99. The van der Waals surface area contributed by atoms with Crippen LogP contribution in [0.25, 0.3) is 0 Å². The van der Waals surface area contributed by atoms with E-state index in [1.54, 1.807) is 26.1 Å². The number of carbonyl (C=O) groups is 4. The van der Waals surface area contributed by atoms with Crippen LogP contribution in [0.1, 0.15) is 68.2 Å². The lowest BCUT2D eigenvalue weighted by atomic mass is 10.0. The molecule has 0 saturated heterocycles. The Labute approximate surface area is 220 Å². The molecule has 3 heterocycles. The Kier molecular flexibility index (Phi) is 10.1. The van der Waals surface area contributed by atoms with Crippen molar-refractivity contribution in [3.05, 3.63) is 41.7 Å². The van der Waals surface area contributed by atoms with Crippen LogP contribution in [0.5, 0.6) is 0 Å². The van der Waals surface area contributed by atoms with Crippen molar-refractivity contribution in [3.63, 3.8) is 0 Å². The Hall–Kier alpha value is -3.41. The van der Waals surface area contributed by atoms with Crippen molar-refractivity contribution in [1.82, 2.24) is 31.2 Å². The highest BCUT2D eigenvalue weighted by Crippen LogP contribution is 2.24. The number of pyridine rings is 1. The van der Waals surface area contributed by atoms with Crippen molar-refractivity contribution in [3.8, 4) is 0 Å². The third-order valence-electron chi connectivity index (χ3n) is 5.86. The van der Waals surface area contributed by atoms with Crippen molar-refractivity contribution >= 4 is 35.4 Å². The van der Waals surface area contributed by atoms with E-state index in [0.717, 1.165) is 0 Å². The third-order valence-corrected chi connectivity index (χ3v) is 6.80. The predicted molar refractivity (Wildman–Crippen MR) is 138 cm³/mol. The summed E-state index contributed by atoms with van der Waals surface area (Å²) in [7, 11) is 0. The summed E-state index contributed by atoms with van der Waals surface area (Å²) in [5.74, 6) is -1.06. The molecule has 0 unspecified atom stereocenters. The minimum atomic E-state index is -0.792. The summed E-state index contributed by atoms with van der Waals surface area (Å²) >= 11 is 1.28. The molecule has 2 aromatic rings. The summed E-state index contributed by atoms with van der Waals surface area (Å²) in [6.45, 7) is 7.36. The first-order valence-corrected chi connectivity index (χ1v) is 13.3. The van der Waals surface area contributed by atoms with Crippen LogP contribution in [-0.4, -0.2) is 58.0 Å². The van der Waals surface area contributed by atoms with Gasteiger partial charge in [-0.05, 0) is 51.2 Å². The Morgan fingerprint density at radius 1 is 1.19 bits per heavy atom. The summed E-state index contributed by atoms with van der Waals surface area (Å²) in [6, 6.07) is 3.28. The van der Waals surface area contributed by atoms with Gasteiger partial charge in [0.1, 0.15) is 23.9 Å². The number of nitrogens with one attached hydrogen (secondary N) is 4. The minimum Gasteiger partial charge on any atom is -0.443 e. The SMILES string of the molecule is Cc1oc2nc1C(=O)N[C@H](C)C(=O)NCCCC[C@H](NC(=O)CSc1ccccn1)C(=O)N[C@H]2C(C)C. The molecule has 3 atom stereocenters. The zero-order valence-electron chi connectivity index (χ0n) is 21.5. The second kappa shape index (κ2) is 13.2. The molecule has 1 aliphatic rings. The largest absolute Gasteiger partial charge is 0.443 e. The Morgan fingerprint density at radius 2 is 1.97 bits per heavy atom. The molecule has 1 aliphatic heterocycles. The molecule has 0 saturated carbocycles. The quantitative estimate of drug-likeness (QED) is 0.427. The van der Waals surface area contributed by atoms with E-state index in [1.807, 2.05) is 26.0 Å². The van der Waals surface area contributed by atoms with Crippen LogP contribution >= 0.6 is 11.8 Å². The molecule has 2 bridgehead atoms. The molecule has 4 amide bonds. The van der Waals surface area contributed by atoms with Gasteiger partial charge in [0, 0.05) is 12.7 Å². The molecule has 11 nitrogen and oxygen atoms in total. The lowest BCUT2D eigenvalue weighted by Gasteiger charge is -2.24. The molecule has 12 heteroatoms. The first kappa shape index (κ1) is 28.2.